The molecule has 15 heavy (non-hydrogen) atoms. The van der Waals surface area contributed by atoms with E-state index in [1.807, 2.05) is 0 Å². The van der Waals surface area contributed by atoms with Crippen LogP contribution < -0.4 is 5.32 Å². The zero-order chi connectivity index (χ0) is 11.3. The normalized spacial score (nSPS) is 21.5. The predicted molar refractivity (Wildman–Crippen MR) is 63.8 cm³/mol. The Morgan fingerprint density at radius 2 is 1.93 bits per heavy atom. The SMILES string of the molecule is O=S(=O)(O)CCC(S)NC1CCCCC1. The molecule has 1 rings (SSSR count). The Hall–Kier alpha value is 0.220. The van der Waals surface area contributed by atoms with Crippen LogP contribution in [0.4, 0.5) is 0 Å². The van der Waals surface area contributed by atoms with Crippen molar-refractivity contribution in [2.75, 3.05) is 5.75 Å². The van der Waals surface area contributed by atoms with Crippen LogP contribution in [-0.4, -0.2) is 30.1 Å². The first-order chi connectivity index (χ1) is 6.97. The first-order valence-corrected chi connectivity index (χ1v) is 7.49. The maximum atomic E-state index is 10.5. The van der Waals surface area contributed by atoms with Gasteiger partial charge in [-0.3, -0.25) is 4.55 Å². The monoisotopic (exact) mass is 253 g/mol. The van der Waals surface area contributed by atoms with Gasteiger partial charge in [0.05, 0.1) is 11.1 Å². The second-order valence-electron chi connectivity index (χ2n) is 4.09. The highest BCUT2D eigenvalue weighted by Gasteiger charge is 2.17. The summed E-state index contributed by atoms with van der Waals surface area (Å²) in [5, 5.41) is 3.14. The fraction of sp³-hybridized carbons (Fsp3) is 1.00. The number of hydrogen-bond donors (Lipinski definition) is 3. The van der Waals surface area contributed by atoms with Crippen LogP contribution in [0.2, 0.25) is 0 Å². The van der Waals surface area contributed by atoms with Gasteiger partial charge in [-0.25, -0.2) is 0 Å². The van der Waals surface area contributed by atoms with E-state index < -0.39 is 10.1 Å². The molecule has 0 heterocycles. The molecule has 0 aromatic heterocycles. The summed E-state index contributed by atoms with van der Waals surface area (Å²) < 4.78 is 29.6. The second kappa shape index (κ2) is 6.08. The van der Waals surface area contributed by atoms with Gasteiger partial charge in [0.2, 0.25) is 0 Å². The van der Waals surface area contributed by atoms with Gasteiger partial charge in [0, 0.05) is 6.04 Å². The average Bonchev–Trinajstić information content (AvgIpc) is 2.15. The molecule has 0 aromatic carbocycles. The lowest BCUT2D eigenvalue weighted by molar-refractivity contribution is 0.365. The first kappa shape index (κ1) is 13.3. The van der Waals surface area contributed by atoms with Crippen LogP contribution in [0.5, 0.6) is 0 Å². The molecule has 6 heteroatoms. The van der Waals surface area contributed by atoms with Gasteiger partial charge in [-0.05, 0) is 19.3 Å². The van der Waals surface area contributed by atoms with E-state index in [2.05, 4.69) is 17.9 Å². The molecule has 0 spiro atoms. The molecule has 4 nitrogen and oxygen atoms in total. The van der Waals surface area contributed by atoms with E-state index in [0.717, 1.165) is 12.8 Å². The van der Waals surface area contributed by atoms with Gasteiger partial charge in [-0.15, -0.1) is 0 Å². The molecular formula is C9H19NO3S2. The van der Waals surface area contributed by atoms with Crippen LogP contribution in [-0.2, 0) is 10.1 Å². The maximum absolute atomic E-state index is 10.5. The van der Waals surface area contributed by atoms with Crippen molar-refractivity contribution in [3.63, 3.8) is 0 Å². The number of hydrogen-bond acceptors (Lipinski definition) is 4. The summed E-state index contributed by atoms with van der Waals surface area (Å²) in [5.74, 6) is -0.221. The topological polar surface area (TPSA) is 66.4 Å². The standard InChI is InChI=1S/C9H19NO3S2/c11-15(12,13)7-6-9(14)10-8-4-2-1-3-5-8/h8-10,14H,1-7H2,(H,11,12,13). The summed E-state index contributed by atoms with van der Waals surface area (Å²) in [6.45, 7) is 0. The van der Waals surface area contributed by atoms with E-state index in [0.29, 0.717) is 12.5 Å². The van der Waals surface area contributed by atoms with Crippen molar-refractivity contribution in [1.29, 1.82) is 0 Å². The van der Waals surface area contributed by atoms with Crippen LogP contribution in [0, 0.1) is 0 Å². The zero-order valence-corrected chi connectivity index (χ0v) is 10.4. The van der Waals surface area contributed by atoms with Crippen LogP contribution in [0.25, 0.3) is 0 Å². The van der Waals surface area contributed by atoms with Crippen molar-refractivity contribution in [2.45, 2.75) is 49.9 Å². The van der Waals surface area contributed by atoms with Gasteiger partial charge in [-0.1, -0.05) is 19.3 Å². The maximum Gasteiger partial charge on any atom is 0.264 e. The number of thiol groups is 1. The average molecular weight is 253 g/mol. The summed E-state index contributed by atoms with van der Waals surface area (Å²) in [6, 6.07) is 0.461. The molecule has 1 atom stereocenters. The fourth-order valence-electron chi connectivity index (χ4n) is 1.89. The van der Waals surface area contributed by atoms with Crippen molar-refractivity contribution >= 4 is 22.7 Å². The molecule has 1 fully saturated rings. The largest absolute Gasteiger partial charge is 0.303 e. The molecule has 90 valence electrons. The molecule has 0 bridgehead atoms. The summed E-state index contributed by atoms with van der Waals surface area (Å²) in [7, 11) is -3.85. The molecule has 1 aliphatic rings. The molecule has 1 unspecified atom stereocenters. The Morgan fingerprint density at radius 1 is 1.33 bits per heavy atom. The lowest BCUT2D eigenvalue weighted by Gasteiger charge is -2.25. The van der Waals surface area contributed by atoms with Crippen LogP contribution in [0.1, 0.15) is 38.5 Å². The first-order valence-electron chi connectivity index (χ1n) is 5.36. The minimum Gasteiger partial charge on any atom is -0.303 e. The van der Waals surface area contributed by atoms with Crippen molar-refractivity contribution in [1.82, 2.24) is 5.32 Å². The quantitative estimate of drug-likeness (QED) is 0.394. The van der Waals surface area contributed by atoms with Crippen LogP contribution >= 0.6 is 12.6 Å². The molecule has 0 saturated heterocycles. The zero-order valence-electron chi connectivity index (χ0n) is 8.72. The van der Waals surface area contributed by atoms with E-state index in [9.17, 15) is 8.42 Å². The van der Waals surface area contributed by atoms with E-state index >= 15 is 0 Å². The van der Waals surface area contributed by atoms with Crippen molar-refractivity contribution in [2.24, 2.45) is 0 Å². The van der Waals surface area contributed by atoms with E-state index in [-0.39, 0.29) is 11.1 Å². The predicted octanol–water partition coefficient (Wildman–Crippen LogP) is 1.44. The van der Waals surface area contributed by atoms with Crippen LogP contribution in [0.3, 0.4) is 0 Å². The van der Waals surface area contributed by atoms with Gasteiger partial charge in [-0.2, -0.15) is 21.0 Å². The molecule has 0 aromatic rings. The molecule has 0 radical (unpaired) electrons. The lowest BCUT2D eigenvalue weighted by Crippen LogP contribution is -2.37. The fourth-order valence-corrected chi connectivity index (χ4v) is 2.93. The van der Waals surface area contributed by atoms with Gasteiger partial charge in [0.1, 0.15) is 0 Å². The summed E-state index contributed by atoms with van der Waals surface area (Å²) >= 11 is 4.27. The second-order valence-corrected chi connectivity index (χ2v) is 6.29. The van der Waals surface area contributed by atoms with Crippen molar-refractivity contribution in [3.05, 3.63) is 0 Å². The summed E-state index contributed by atoms with van der Waals surface area (Å²) in [4.78, 5) is 0. The smallest absolute Gasteiger partial charge is 0.264 e. The highest BCUT2D eigenvalue weighted by Crippen LogP contribution is 2.18. The van der Waals surface area contributed by atoms with Gasteiger partial charge in [0.15, 0.2) is 0 Å². The highest BCUT2D eigenvalue weighted by molar-refractivity contribution is 7.85. The Kier molecular flexibility index (Phi) is 5.38. The Balaban J connectivity index is 2.20. The lowest BCUT2D eigenvalue weighted by atomic mass is 9.95. The van der Waals surface area contributed by atoms with Crippen molar-refractivity contribution in [3.8, 4) is 0 Å². The third kappa shape index (κ3) is 6.40. The highest BCUT2D eigenvalue weighted by atomic mass is 32.2. The van der Waals surface area contributed by atoms with E-state index in [1.54, 1.807) is 0 Å². The summed E-state index contributed by atoms with van der Waals surface area (Å²) in [5.41, 5.74) is 0. The number of rotatable bonds is 5. The Bertz CT molecular complexity index is 273. The minimum absolute atomic E-state index is 0.143. The van der Waals surface area contributed by atoms with Crippen molar-refractivity contribution < 1.29 is 13.0 Å². The summed E-state index contributed by atoms with van der Waals surface area (Å²) in [6.07, 6.45) is 6.39. The minimum atomic E-state index is -3.85. The van der Waals surface area contributed by atoms with Gasteiger partial charge >= 0.3 is 0 Å². The number of nitrogens with one attached hydrogen (secondary N) is 1. The molecule has 1 aliphatic carbocycles. The molecular weight excluding hydrogens is 234 g/mol. The Morgan fingerprint density at radius 3 is 2.47 bits per heavy atom. The molecule has 2 N–H and O–H groups in total. The third-order valence-corrected chi connectivity index (χ3v) is 3.84. The third-order valence-electron chi connectivity index (χ3n) is 2.68. The van der Waals surface area contributed by atoms with E-state index in [1.165, 1.54) is 19.3 Å². The molecule has 1 saturated carbocycles. The van der Waals surface area contributed by atoms with Gasteiger partial charge in [0.25, 0.3) is 10.1 Å². The Labute approximate surface area is 97.0 Å². The van der Waals surface area contributed by atoms with Crippen LogP contribution in [0.15, 0.2) is 0 Å². The molecule has 0 aliphatic heterocycles. The van der Waals surface area contributed by atoms with Gasteiger partial charge < -0.3 is 5.32 Å². The molecule has 0 amide bonds. The van der Waals surface area contributed by atoms with E-state index in [4.69, 9.17) is 4.55 Å².